The van der Waals surface area contributed by atoms with Crippen molar-refractivity contribution >= 4 is 11.4 Å². The fourth-order valence-electron chi connectivity index (χ4n) is 4.53. The lowest BCUT2D eigenvalue weighted by Crippen LogP contribution is -2.18. The Bertz CT molecular complexity index is 1370. The van der Waals surface area contributed by atoms with Gasteiger partial charge in [-0.05, 0) is 53.6 Å². The van der Waals surface area contributed by atoms with Gasteiger partial charge in [0.05, 0.1) is 38.8 Å². The van der Waals surface area contributed by atoms with Gasteiger partial charge in [-0.25, -0.2) is 0 Å². The molecule has 6 nitrogen and oxygen atoms in total. The summed E-state index contributed by atoms with van der Waals surface area (Å²) in [4.78, 5) is 0. The number of ether oxygens (including phenoxy) is 4. The van der Waals surface area contributed by atoms with Crippen LogP contribution in [-0.4, -0.2) is 27.0 Å². The van der Waals surface area contributed by atoms with Gasteiger partial charge >= 0.3 is 0 Å². The standard InChI is InChI=1S/C31H30N2O4/c1-34-28-16-14-23(18-30(28)36-3)26-20-27(33(32-26)25-12-8-5-9-13-25)24-15-17-29(35-2)31(19-24)37-21-22-10-6-4-7-11-22/h4-19,27H,20-21H2,1-3H3. The van der Waals surface area contributed by atoms with Crippen molar-refractivity contribution in [1.82, 2.24) is 0 Å². The minimum atomic E-state index is -0.0181. The molecule has 1 heterocycles. The summed E-state index contributed by atoms with van der Waals surface area (Å²) in [7, 11) is 4.94. The number of para-hydroxylation sites is 1. The molecular weight excluding hydrogens is 464 g/mol. The molecule has 0 radical (unpaired) electrons. The third-order valence-electron chi connectivity index (χ3n) is 6.46. The molecule has 4 aromatic rings. The molecule has 0 fully saturated rings. The highest BCUT2D eigenvalue weighted by atomic mass is 16.5. The summed E-state index contributed by atoms with van der Waals surface area (Å²) in [6, 6.07) is 32.3. The summed E-state index contributed by atoms with van der Waals surface area (Å²) in [5, 5.41) is 7.14. The molecule has 4 aromatic carbocycles. The normalized spacial score (nSPS) is 14.7. The van der Waals surface area contributed by atoms with Crippen molar-refractivity contribution in [3.63, 3.8) is 0 Å². The fourth-order valence-corrected chi connectivity index (χ4v) is 4.53. The first-order valence-electron chi connectivity index (χ1n) is 12.2. The molecule has 5 rings (SSSR count). The number of rotatable bonds is 9. The number of hydrogen-bond acceptors (Lipinski definition) is 6. The van der Waals surface area contributed by atoms with Crippen LogP contribution in [0.15, 0.2) is 102 Å². The average molecular weight is 495 g/mol. The predicted octanol–water partition coefficient (Wildman–Crippen LogP) is 6.65. The molecular formula is C31H30N2O4. The van der Waals surface area contributed by atoms with Gasteiger partial charge in [0.25, 0.3) is 0 Å². The van der Waals surface area contributed by atoms with Crippen LogP contribution in [0.1, 0.15) is 29.2 Å². The number of hydrogen-bond donors (Lipinski definition) is 0. The van der Waals surface area contributed by atoms with E-state index in [1.807, 2.05) is 72.8 Å². The Hall–Kier alpha value is -4.45. The molecule has 0 saturated carbocycles. The van der Waals surface area contributed by atoms with E-state index in [1.54, 1.807) is 21.3 Å². The van der Waals surface area contributed by atoms with Crippen molar-refractivity contribution in [3.05, 3.63) is 114 Å². The summed E-state index contributed by atoms with van der Waals surface area (Å²) in [5.41, 5.74) is 5.17. The topological polar surface area (TPSA) is 52.5 Å². The smallest absolute Gasteiger partial charge is 0.162 e. The first-order chi connectivity index (χ1) is 18.2. The first kappa shape index (κ1) is 24.3. The van der Waals surface area contributed by atoms with E-state index < -0.39 is 0 Å². The molecule has 1 aliphatic rings. The fraction of sp³-hybridized carbons (Fsp3) is 0.194. The van der Waals surface area contributed by atoms with E-state index in [1.165, 1.54) is 0 Å². The molecule has 37 heavy (non-hydrogen) atoms. The van der Waals surface area contributed by atoms with E-state index in [0.29, 0.717) is 29.6 Å². The number of hydrazone groups is 1. The third kappa shape index (κ3) is 5.23. The van der Waals surface area contributed by atoms with E-state index >= 15 is 0 Å². The molecule has 0 bridgehead atoms. The monoisotopic (exact) mass is 494 g/mol. The molecule has 1 aliphatic heterocycles. The van der Waals surface area contributed by atoms with Gasteiger partial charge in [0, 0.05) is 12.0 Å². The quantitative estimate of drug-likeness (QED) is 0.261. The van der Waals surface area contributed by atoms with E-state index in [2.05, 4.69) is 29.3 Å². The van der Waals surface area contributed by atoms with Gasteiger partial charge in [-0.3, -0.25) is 5.01 Å². The second-order valence-corrected chi connectivity index (χ2v) is 8.70. The maximum Gasteiger partial charge on any atom is 0.162 e. The van der Waals surface area contributed by atoms with Crippen molar-refractivity contribution in [3.8, 4) is 23.0 Å². The zero-order chi connectivity index (χ0) is 25.6. The highest BCUT2D eigenvalue weighted by Crippen LogP contribution is 2.40. The Morgan fingerprint density at radius 1 is 0.703 bits per heavy atom. The minimum absolute atomic E-state index is 0.0181. The van der Waals surface area contributed by atoms with Crippen LogP contribution in [0.3, 0.4) is 0 Å². The summed E-state index contributed by atoms with van der Waals surface area (Å²) in [6.07, 6.45) is 0.717. The maximum absolute atomic E-state index is 6.21. The molecule has 0 N–H and O–H groups in total. The van der Waals surface area contributed by atoms with Crippen molar-refractivity contribution < 1.29 is 18.9 Å². The zero-order valence-electron chi connectivity index (χ0n) is 21.3. The van der Waals surface area contributed by atoms with E-state index in [0.717, 1.165) is 34.5 Å². The van der Waals surface area contributed by atoms with Crippen molar-refractivity contribution in [2.75, 3.05) is 26.3 Å². The van der Waals surface area contributed by atoms with Gasteiger partial charge < -0.3 is 18.9 Å². The largest absolute Gasteiger partial charge is 0.493 e. The lowest BCUT2D eigenvalue weighted by atomic mass is 9.97. The summed E-state index contributed by atoms with van der Waals surface area (Å²) < 4.78 is 22.8. The predicted molar refractivity (Wildman–Crippen MR) is 146 cm³/mol. The first-order valence-corrected chi connectivity index (χ1v) is 12.2. The van der Waals surface area contributed by atoms with E-state index in [-0.39, 0.29) is 6.04 Å². The number of nitrogens with zero attached hydrogens (tertiary/aromatic N) is 2. The molecule has 1 atom stereocenters. The average Bonchev–Trinajstić information content (AvgIpc) is 3.42. The van der Waals surface area contributed by atoms with Crippen LogP contribution in [0.5, 0.6) is 23.0 Å². The van der Waals surface area contributed by atoms with Gasteiger partial charge in [-0.1, -0.05) is 54.6 Å². The number of methoxy groups -OCH3 is 3. The molecule has 0 spiro atoms. The van der Waals surface area contributed by atoms with Crippen molar-refractivity contribution in [2.24, 2.45) is 5.10 Å². The van der Waals surface area contributed by atoms with Crippen LogP contribution in [0.2, 0.25) is 0 Å². The molecule has 0 amide bonds. The van der Waals surface area contributed by atoms with Crippen molar-refractivity contribution in [2.45, 2.75) is 19.1 Å². The number of anilines is 1. The Morgan fingerprint density at radius 3 is 2.05 bits per heavy atom. The molecule has 0 aliphatic carbocycles. The summed E-state index contributed by atoms with van der Waals surface area (Å²) in [5.74, 6) is 2.77. The van der Waals surface area contributed by atoms with E-state index in [9.17, 15) is 0 Å². The minimum Gasteiger partial charge on any atom is -0.493 e. The molecule has 0 aromatic heterocycles. The van der Waals surface area contributed by atoms with Crippen LogP contribution in [0.4, 0.5) is 5.69 Å². The Morgan fingerprint density at radius 2 is 1.35 bits per heavy atom. The van der Waals surface area contributed by atoms with Crippen molar-refractivity contribution in [1.29, 1.82) is 0 Å². The van der Waals surface area contributed by atoms with Crippen LogP contribution in [0, 0.1) is 0 Å². The molecule has 6 heteroatoms. The second-order valence-electron chi connectivity index (χ2n) is 8.70. The van der Waals surface area contributed by atoms with Crippen LogP contribution in [0.25, 0.3) is 0 Å². The van der Waals surface area contributed by atoms with Gasteiger partial charge in [0.15, 0.2) is 23.0 Å². The van der Waals surface area contributed by atoms with Gasteiger partial charge in [0.1, 0.15) is 6.61 Å². The van der Waals surface area contributed by atoms with Gasteiger partial charge in [0.2, 0.25) is 0 Å². The molecule has 188 valence electrons. The van der Waals surface area contributed by atoms with Crippen LogP contribution >= 0.6 is 0 Å². The Labute approximate surface area is 217 Å². The highest BCUT2D eigenvalue weighted by Gasteiger charge is 2.31. The van der Waals surface area contributed by atoms with Gasteiger partial charge in [-0.2, -0.15) is 5.10 Å². The lowest BCUT2D eigenvalue weighted by molar-refractivity contribution is 0.284. The zero-order valence-corrected chi connectivity index (χ0v) is 21.3. The second kappa shape index (κ2) is 11.1. The molecule has 1 unspecified atom stereocenters. The third-order valence-corrected chi connectivity index (χ3v) is 6.46. The highest BCUT2D eigenvalue weighted by molar-refractivity contribution is 6.03. The summed E-state index contributed by atoms with van der Waals surface area (Å²) in [6.45, 7) is 0.459. The maximum atomic E-state index is 6.21. The Kier molecular flexibility index (Phi) is 7.26. The van der Waals surface area contributed by atoms with E-state index in [4.69, 9.17) is 24.0 Å². The van der Waals surface area contributed by atoms with Crippen LogP contribution < -0.4 is 24.0 Å². The Balaban J connectivity index is 1.49. The number of benzene rings is 4. The summed E-state index contributed by atoms with van der Waals surface area (Å²) >= 11 is 0. The van der Waals surface area contributed by atoms with Crippen LogP contribution in [-0.2, 0) is 6.61 Å². The SMILES string of the molecule is COc1ccc(C2=NN(c3ccccc3)C(c3ccc(OC)c(OCc4ccccc4)c3)C2)cc1OC. The van der Waals surface area contributed by atoms with Gasteiger partial charge in [-0.15, -0.1) is 0 Å². The molecule has 0 saturated heterocycles. The lowest BCUT2D eigenvalue weighted by Gasteiger charge is -2.25.